The number of carbonyl (C=O) groups is 1. The first-order chi connectivity index (χ1) is 13.6. The molecular formula is C20H21ClN4O2S. The van der Waals surface area contributed by atoms with Crippen LogP contribution in [0.1, 0.15) is 35.9 Å². The number of hydrogen-bond donors (Lipinski definition) is 2. The normalized spacial score (nSPS) is 10.6. The number of H-pyrrole nitrogens is 1. The number of nitrogens with zero attached hydrogens (tertiary/aromatic N) is 2. The lowest BCUT2D eigenvalue weighted by molar-refractivity contribution is 0.0949. The largest absolute Gasteiger partial charge is 0.494 e. The number of ether oxygens (including phenoxy) is 1. The van der Waals surface area contributed by atoms with E-state index in [2.05, 4.69) is 22.4 Å². The van der Waals surface area contributed by atoms with E-state index in [-0.39, 0.29) is 12.5 Å². The zero-order valence-electron chi connectivity index (χ0n) is 15.4. The number of hydrogen-bond acceptors (Lipinski definition) is 4. The van der Waals surface area contributed by atoms with Crippen LogP contribution in [0.5, 0.6) is 5.75 Å². The lowest BCUT2D eigenvalue weighted by atomic mass is 10.2. The van der Waals surface area contributed by atoms with E-state index in [4.69, 9.17) is 28.6 Å². The van der Waals surface area contributed by atoms with Crippen molar-refractivity contribution in [2.75, 3.05) is 6.61 Å². The Kier molecular flexibility index (Phi) is 6.84. The molecule has 0 spiro atoms. The summed E-state index contributed by atoms with van der Waals surface area (Å²) in [4.78, 5) is 12.5. The monoisotopic (exact) mass is 416 g/mol. The Morgan fingerprint density at radius 2 is 2.00 bits per heavy atom. The number of benzene rings is 2. The second-order valence-corrected chi connectivity index (χ2v) is 6.93. The predicted octanol–water partition coefficient (Wildman–Crippen LogP) is 4.69. The summed E-state index contributed by atoms with van der Waals surface area (Å²) in [6, 6.07) is 14.4. The van der Waals surface area contributed by atoms with E-state index >= 15 is 0 Å². The fourth-order valence-electron chi connectivity index (χ4n) is 2.63. The van der Waals surface area contributed by atoms with Gasteiger partial charge in [0.05, 0.1) is 23.9 Å². The van der Waals surface area contributed by atoms with Crippen LogP contribution in [0, 0.1) is 4.77 Å². The van der Waals surface area contributed by atoms with Gasteiger partial charge in [-0.1, -0.05) is 37.1 Å². The molecule has 0 aliphatic rings. The van der Waals surface area contributed by atoms with Crippen LogP contribution in [-0.4, -0.2) is 27.3 Å². The maximum atomic E-state index is 12.5. The first-order valence-corrected chi connectivity index (χ1v) is 9.81. The molecule has 0 bridgehead atoms. The minimum atomic E-state index is -0.209. The molecule has 0 unspecified atom stereocenters. The maximum Gasteiger partial charge on any atom is 0.251 e. The van der Waals surface area contributed by atoms with Crippen molar-refractivity contribution in [1.82, 2.24) is 20.1 Å². The summed E-state index contributed by atoms with van der Waals surface area (Å²) in [5.41, 5.74) is 1.25. The average molecular weight is 417 g/mol. The van der Waals surface area contributed by atoms with Gasteiger partial charge in [-0.05, 0) is 55.0 Å². The van der Waals surface area contributed by atoms with Crippen molar-refractivity contribution in [1.29, 1.82) is 0 Å². The third kappa shape index (κ3) is 4.79. The minimum absolute atomic E-state index is 0.200. The van der Waals surface area contributed by atoms with E-state index in [0.717, 1.165) is 18.6 Å². The third-order valence-electron chi connectivity index (χ3n) is 4.13. The van der Waals surface area contributed by atoms with E-state index in [1.807, 2.05) is 18.2 Å². The summed E-state index contributed by atoms with van der Waals surface area (Å²) in [5, 5.41) is 10.4. The SMILES string of the molecule is CCCCOc1ccc(C(=O)NCc2n[nH]c(=S)n2-c2ccccc2Cl)cc1. The number of carbonyl (C=O) groups excluding carboxylic acids is 1. The molecule has 1 aromatic heterocycles. The van der Waals surface area contributed by atoms with E-state index in [0.29, 0.717) is 33.5 Å². The number of halogens is 1. The van der Waals surface area contributed by atoms with Gasteiger partial charge in [0.25, 0.3) is 5.91 Å². The predicted molar refractivity (Wildman–Crippen MR) is 112 cm³/mol. The highest BCUT2D eigenvalue weighted by atomic mass is 35.5. The van der Waals surface area contributed by atoms with Gasteiger partial charge in [0.1, 0.15) is 5.75 Å². The number of aromatic nitrogens is 3. The standard InChI is InChI=1S/C20H21ClN4O2S/c1-2-3-12-27-15-10-8-14(9-11-15)19(26)22-13-18-23-24-20(28)25(18)17-7-5-4-6-16(17)21/h4-11H,2-3,12-13H2,1H3,(H,22,26)(H,24,28). The zero-order chi connectivity index (χ0) is 19.9. The fraction of sp³-hybridized carbons (Fsp3) is 0.250. The molecular weight excluding hydrogens is 396 g/mol. The molecule has 3 aromatic rings. The van der Waals surface area contributed by atoms with Crippen LogP contribution in [-0.2, 0) is 6.54 Å². The lowest BCUT2D eigenvalue weighted by Crippen LogP contribution is -2.24. The van der Waals surface area contributed by atoms with Gasteiger partial charge in [0.2, 0.25) is 0 Å². The molecule has 0 atom stereocenters. The number of amides is 1. The molecule has 0 saturated carbocycles. The molecule has 0 fully saturated rings. The molecule has 1 heterocycles. The Morgan fingerprint density at radius 1 is 1.25 bits per heavy atom. The van der Waals surface area contributed by atoms with Crippen molar-refractivity contribution in [3.63, 3.8) is 0 Å². The van der Waals surface area contributed by atoms with Gasteiger partial charge in [-0.15, -0.1) is 0 Å². The van der Waals surface area contributed by atoms with Gasteiger partial charge in [-0.25, -0.2) is 0 Å². The molecule has 0 aliphatic carbocycles. The van der Waals surface area contributed by atoms with E-state index in [1.165, 1.54) is 0 Å². The molecule has 2 N–H and O–H groups in total. The average Bonchev–Trinajstić information content (AvgIpc) is 3.07. The Bertz CT molecular complexity index is 998. The van der Waals surface area contributed by atoms with Gasteiger partial charge >= 0.3 is 0 Å². The first kappa shape index (κ1) is 20.1. The van der Waals surface area contributed by atoms with Crippen LogP contribution in [0.2, 0.25) is 5.02 Å². The molecule has 0 saturated heterocycles. The van der Waals surface area contributed by atoms with Crippen LogP contribution in [0.3, 0.4) is 0 Å². The number of para-hydroxylation sites is 1. The van der Waals surface area contributed by atoms with Crippen LogP contribution >= 0.6 is 23.8 Å². The fourth-order valence-corrected chi connectivity index (χ4v) is 3.10. The Balaban J connectivity index is 1.67. The van der Waals surface area contributed by atoms with Gasteiger partial charge in [0, 0.05) is 5.56 Å². The van der Waals surface area contributed by atoms with Crippen LogP contribution < -0.4 is 10.1 Å². The molecule has 0 radical (unpaired) electrons. The van der Waals surface area contributed by atoms with Crippen LogP contribution in [0.4, 0.5) is 0 Å². The third-order valence-corrected chi connectivity index (χ3v) is 4.72. The lowest BCUT2D eigenvalue weighted by Gasteiger charge is -2.10. The van der Waals surface area contributed by atoms with Crippen molar-refractivity contribution in [2.24, 2.45) is 0 Å². The maximum absolute atomic E-state index is 12.5. The number of aromatic amines is 1. The number of rotatable bonds is 8. The van der Waals surface area contributed by atoms with Crippen molar-refractivity contribution in [2.45, 2.75) is 26.3 Å². The van der Waals surface area contributed by atoms with Gasteiger partial charge in [-0.3, -0.25) is 14.5 Å². The van der Waals surface area contributed by atoms with Crippen molar-refractivity contribution < 1.29 is 9.53 Å². The summed E-state index contributed by atoms with van der Waals surface area (Å²) >= 11 is 11.6. The Morgan fingerprint density at radius 3 is 2.71 bits per heavy atom. The van der Waals surface area contributed by atoms with Gasteiger partial charge < -0.3 is 10.1 Å². The summed E-state index contributed by atoms with van der Waals surface area (Å²) in [7, 11) is 0. The minimum Gasteiger partial charge on any atom is -0.494 e. The van der Waals surface area contributed by atoms with E-state index in [1.54, 1.807) is 34.9 Å². The molecule has 28 heavy (non-hydrogen) atoms. The topological polar surface area (TPSA) is 71.9 Å². The molecule has 1 amide bonds. The summed E-state index contributed by atoms with van der Waals surface area (Å²) in [6.45, 7) is 2.99. The Hall–Kier alpha value is -2.64. The number of unbranched alkanes of at least 4 members (excludes halogenated alkanes) is 1. The molecule has 0 aliphatic heterocycles. The molecule has 6 nitrogen and oxygen atoms in total. The second kappa shape index (κ2) is 9.52. The highest BCUT2D eigenvalue weighted by Gasteiger charge is 2.13. The molecule has 8 heteroatoms. The van der Waals surface area contributed by atoms with Crippen LogP contribution in [0.15, 0.2) is 48.5 Å². The number of nitrogens with one attached hydrogen (secondary N) is 2. The quantitative estimate of drug-likeness (QED) is 0.412. The highest BCUT2D eigenvalue weighted by Crippen LogP contribution is 2.21. The van der Waals surface area contributed by atoms with Crippen molar-refractivity contribution in [3.05, 3.63) is 69.7 Å². The molecule has 3 rings (SSSR count). The van der Waals surface area contributed by atoms with Crippen LogP contribution in [0.25, 0.3) is 5.69 Å². The summed E-state index contributed by atoms with van der Waals surface area (Å²) in [6.07, 6.45) is 2.08. The molecule has 146 valence electrons. The zero-order valence-corrected chi connectivity index (χ0v) is 17.0. The first-order valence-electron chi connectivity index (χ1n) is 9.02. The van der Waals surface area contributed by atoms with E-state index in [9.17, 15) is 4.79 Å². The highest BCUT2D eigenvalue weighted by molar-refractivity contribution is 7.71. The van der Waals surface area contributed by atoms with Crippen molar-refractivity contribution in [3.8, 4) is 11.4 Å². The van der Waals surface area contributed by atoms with E-state index < -0.39 is 0 Å². The summed E-state index contributed by atoms with van der Waals surface area (Å²) < 4.78 is 7.74. The van der Waals surface area contributed by atoms with Gasteiger partial charge in [0.15, 0.2) is 10.6 Å². The van der Waals surface area contributed by atoms with Crippen molar-refractivity contribution >= 4 is 29.7 Å². The van der Waals surface area contributed by atoms with Gasteiger partial charge in [-0.2, -0.15) is 5.10 Å². The molecule has 2 aromatic carbocycles. The smallest absolute Gasteiger partial charge is 0.251 e. The Labute approximate surface area is 173 Å². The second-order valence-electron chi connectivity index (χ2n) is 6.14. The summed E-state index contributed by atoms with van der Waals surface area (Å²) in [5.74, 6) is 1.11.